The van der Waals surface area contributed by atoms with Gasteiger partial charge in [0.15, 0.2) is 0 Å². The van der Waals surface area contributed by atoms with Crippen molar-refractivity contribution in [3.8, 4) is 5.75 Å². The molecule has 18 heavy (non-hydrogen) atoms. The zero-order chi connectivity index (χ0) is 13.5. The van der Waals surface area contributed by atoms with Crippen molar-refractivity contribution in [2.45, 2.75) is 45.9 Å². The molecule has 0 unspecified atom stereocenters. The van der Waals surface area contributed by atoms with Crippen LogP contribution in [0.25, 0.3) is 0 Å². The van der Waals surface area contributed by atoms with E-state index in [0.717, 1.165) is 5.75 Å². The molecular formula is C15H25NO2. The summed E-state index contributed by atoms with van der Waals surface area (Å²) < 4.78 is 5.55. The predicted octanol–water partition coefficient (Wildman–Crippen LogP) is 2.55. The van der Waals surface area contributed by atoms with E-state index in [1.54, 1.807) is 0 Å². The van der Waals surface area contributed by atoms with Gasteiger partial charge in [0.05, 0.1) is 0 Å². The van der Waals surface area contributed by atoms with Gasteiger partial charge in [-0.3, -0.25) is 4.90 Å². The van der Waals surface area contributed by atoms with Crippen molar-refractivity contribution in [2.24, 2.45) is 0 Å². The maximum atomic E-state index is 10.0. The third-order valence-corrected chi connectivity index (χ3v) is 2.93. The van der Waals surface area contributed by atoms with Crippen LogP contribution >= 0.6 is 0 Å². The molecule has 0 saturated carbocycles. The molecule has 1 N–H and O–H groups in total. The Bertz CT molecular complexity index is 317. The first-order chi connectivity index (χ1) is 8.50. The van der Waals surface area contributed by atoms with Crippen molar-refractivity contribution < 1.29 is 9.84 Å². The quantitative estimate of drug-likeness (QED) is 0.808. The van der Waals surface area contributed by atoms with E-state index in [4.69, 9.17) is 4.74 Å². The number of para-hydroxylation sites is 1. The number of nitrogens with zero attached hydrogens (tertiary/aromatic N) is 1. The Morgan fingerprint density at radius 1 is 1.06 bits per heavy atom. The van der Waals surface area contributed by atoms with Crippen molar-refractivity contribution in [2.75, 3.05) is 13.2 Å². The lowest BCUT2D eigenvalue weighted by Crippen LogP contribution is -2.43. The molecule has 1 atom stereocenters. The first-order valence-electron chi connectivity index (χ1n) is 6.62. The molecule has 0 amide bonds. The number of benzene rings is 1. The standard InChI is InChI=1S/C15H25NO2/c1-12(2)16(13(3)4)10-14(17)11-18-15-8-6-5-7-9-15/h5-9,12-14,17H,10-11H2,1-4H3/t14-/m0/s1. The first-order valence-corrected chi connectivity index (χ1v) is 6.62. The third kappa shape index (κ3) is 5.07. The number of aliphatic hydroxyl groups excluding tert-OH is 1. The maximum absolute atomic E-state index is 10.0. The SMILES string of the molecule is CC(C)N(C[C@H](O)COc1ccccc1)C(C)C. The summed E-state index contributed by atoms with van der Waals surface area (Å²) in [5.41, 5.74) is 0. The summed E-state index contributed by atoms with van der Waals surface area (Å²) in [6.45, 7) is 9.55. The van der Waals surface area contributed by atoms with Crippen LogP contribution in [0.1, 0.15) is 27.7 Å². The van der Waals surface area contributed by atoms with E-state index in [1.807, 2.05) is 30.3 Å². The molecule has 1 aromatic carbocycles. The van der Waals surface area contributed by atoms with E-state index in [0.29, 0.717) is 25.2 Å². The van der Waals surface area contributed by atoms with Crippen LogP contribution in [0.5, 0.6) is 5.75 Å². The second kappa shape index (κ2) is 7.39. The van der Waals surface area contributed by atoms with Crippen molar-refractivity contribution in [3.05, 3.63) is 30.3 Å². The van der Waals surface area contributed by atoms with E-state index in [1.165, 1.54) is 0 Å². The van der Waals surface area contributed by atoms with Crippen molar-refractivity contribution in [1.29, 1.82) is 0 Å². The summed E-state index contributed by atoms with van der Waals surface area (Å²) >= 11 is 0. The predicted molar refractivity (Wildman–Crippen MR) is 74.9 cm³/mol. The van der Waals surface area contributed by atoms with Gasteiger partial charge in [0.1, 0.15) is 18.5 Å². The van der Waals surface area contributed by atoms with Crippen LogP contribution in [0.2, 0.25) is 0 Å². The molecule has 0 bridgehead atoms. The van der Waals surface area contributed by atoms with E-state index in [2.05, 4.69) is 32.6 Å². The highest BCUT2D eigenvalue weighted by Crippen LogP contribution is 2.10. The van der Waals surface area contributed by atoms with Gasteiger partial charge in [-0.1, -0.05) is 18.2 Å². The van der Waals surface area contributed by atoms with Crippen molar-refractivity contribution >= 4 is 0 Å². The van der Waals surface area contributed by atoms with Gasteiger partial charge in [-0.05, 0) is 39.8 Å². The Labute approximate surface area is 110 Å². The van der Waals surface area contributed by atoms with Crippen molar-refractivity contribution in [3.63, 3.8) is 0 Å². The molecule has 0 aliphatic carbocycles. The zero-order valence-electron chi connectivity index (χ0n) is 11.8. The van der Waals surface area contributed by atoms with Crippen LogP contribution in [0.15, 0.2) is 30.3 Å². The lowest BCUT2D eigenvalue weighted by molar-refractivity contribution is 0.0445. The summed E-state index contributed by atoms with van der Waals surface area (Å²) in [4.78, 5) is 2.26. The molecule has 0 heterocycles. The molecular weight excluding hydrogens is 226 g/mol. The number of rotatable bonds is 7. The molecule has 102 valence electrons. The highest BCUT2D eigenvalue weighted by Gasteiger charge is 2.17. The van der Waals surface area contributed by atoms with Crippen LogP contribution in [0, 0.1) is 0 Å². The smallest absolute Gasteiger partial charge is 0.119 e. The average Bonchev–Trinajstić information content (AvgIpc) is 2.34. The fourth-order valence-corrected chi connectivity index (χ4v) is 2.02. The second-order valence-electron chi connectivity index (χ2n) is 5.16. The number of aliphatic hydroxyl groups is 1. The molecule has 0 aromatic heterocycles. The molecule has 3 nitrogen and oxygen atoms in total. The third-order valence-electron chi connectivity index (χ3n) is 2.93. The van der Waals surface area contributed by atoms with Crippen LogP contribution < -0.4 is 4.74 Å². The Hall–Kier alpha value is -1.06. The minimum atomic E-state index is -0.463. The highest BCUT2D eigenvalue weighted by molar-refractivity contribution is 5.20. The molecule has 1 rings (SSSR count). The van der Waals surface area contributed by atoms with Crippen LogP contribution in [-0.2, 0) is 0 Å². The molecule has 0 aliphatic rings. The highest BCUT2D eigenvalue weighted by atomic mass is 16.5. The normalized spacial score (nSPS) is 13.3. The van der Waals surface area contributed by atoms with Gasteiger partial charge in [-0.15, -0.1) is 0 Å². The van der Waals surface area contributed by atoms with Gasteiger partial charge < -0.3 is 9.84 Å². The zero-order valence-corrected chi connectivity index (χ0v) is 11.8. The summed E-state index contributed by atoms with van der Waals surface area (Å²) in [6, 6.07) is 10.5. The van der Waals surface area contributed by atoms with E-state index in [-0.39, 0.29) is 0 Å². The molecule has 1 aromatic rings. The van der Waals surface area contributed by atoms with Crippen LogP contribution in [0.4, 0.5) is 0 Å². The summed E-state index contributed by atoms with van der Waals surface area (Å²) in [5.74, 6) is 0.803. The summed E-state index contributed by atoms with van der Waals surface area (Å²) in [7, 11) is 0. The Kier molecular flexibility index (Phi) is 6.16. The van der Waals surface area contributed by atoms with Crippen LogP contribution in [-0.4, -0.2) is 41.3 Å². The second-order valence-corrected chi connectivity index (χ2v) is 5.16. The number of hydrogen-bond acceptors (Lipinski definition) is 3. The Balaban J connectivity index is 2.39. The molecule has 0 spiro atoms. The van der Waals surface area contributed by atoms with Gasteiger partial charge in [0, 0.05) is 18.6 Å². The topological polar surface area (TPSA) is 32.7 Å². The molecule has 0 fully saturated rings. The van der Waals surface area contributed by atoms with Gasteiger partial charge in [-0.2, -0.15) is 0 Å². The number of ether oxygens (including phenoxy) is 1. The van der Waals surface area contributed by atoms with Gasteiger partial charge >= 0.3 is 0 Å². The molecule has 3 heteroatoms. The maximum Gasteiger partial charge on any atom is 0.119 e. The fourth-order valence-electron chi connectivity index (χ4n) is 2.02. The molecule has 0 aliphatic heterocycles. The van der Waals surface area contributed by atoms with Gasteiger partial charge in [0.25, 0.3) is 0 Å². The minimum Gasteiger partial charge on any atom is -0.491 e. The van der Waals surface area contributed by atoms with E-state index < -0.39 is 6.10 Å². The molecule has 0 radical (unpaired) electrons. The van der Waals surface area contributed by atoms with Crippen molar-refractivity contribution in [1.82, 2.24) is 4.90 Å². The van der Waals surface area contributed by atoms with Crippen LogP contribution in [0.3, 0.4) is 0 Å². The molecule has 0 saturated heterocycles. The van der Waals surface area contributed by atoms with E-state index in [9.17, 15) is 5.11 Å². The summed E-state index contributed by atoms with van der Waals surface area (Å²) in [6.07, 6.45) is -0.463. The minimum absolute atomic E-state index is 0.333. The lowest BCUT2D eigenvalue weighted by Gasteiger charge is -2.32. The average molecular weight is 251 g/mol. The van der Waals surface area contributed by atoms with Gasteiger partial charge in [0.2, 0.25) is 0 Å². The first kappa shape index (κ1) is 15.0. The van der Waals surface area contributed by atoms with E-state index >= 15 is 0 Å². The Morgan fingerprint density at radius 3 is 2.11 bits per heavy atom. The summed E-state index contributed by atoms with van der Waals surface area (Å²) in [5, 5.41) is 10.0. The number of hydrogen-bond donors (Lipinski definition) is 1. The monoisotopic (exact) mass is 251 g/mol. The Morgan fingerprint density at radius 2 is 1.61 bits per heavy atom. The largest absolute Gasteiger partial charge is 0.491 e. The lowest BCUT2D eigenvalue weighted by atomic mass is 10.2. The fraction of sp³-hybridized carbons (Fsp3) is 0.600. The van der Waals surface area contributed by atoms with Gasteiger partial charge in [-0.25, -0.2) is 0 Å².